The van der Waals surface area contributed by atoms with Crippen molar-refractivity contribution in [3.05, 3.63) is 34.8 Å². The molecule has 130 valence electrons. The molecule has 0 spiro atoms. The lowest BCUT2D eigenvalue weighted by Crippen LogP contribution is -2.39. The fourth-order valence-electron chi connectivity index (χ4n) is 3.81. The summed E-state index contributed by atoms with van der Waals surface area (Å²) in [4.78, 5) is 27.1. The Morgan fingerprint density at radius 1 is 1.29 bits per heavy atom. The van der Waals surface area contributed by atoms with E-state index in [4.69, 9.17) is 4.42 Å². The molecular weight excluding hydrogens is 304 g/mol. The van der Waals surface area contributed by atoms with Crippen molar-refractivity contribution in [1.82, 2.24) is 9.47 Å². The summed E-state index contributed by atoms with van der Waals surface area (Å²) in [7, 11) is 0. The molecule has 3 rings (SSSR count). The molecule has 0 aliphatic carbocycles. The summed E-state index contributed by atoms with van der Waals surface area (Å²) in [5, 5.41) is 0. The van der Waals surface area contributed by atoms with E-state index in [0.717, 1.165) is 31.8 Å². The first-order valence-corrected chi connectivity index (χ1v) is 9.00. The second-order valence-electron chi connectivity index (χ2n) is 6.79. The number of amides is 1. The van der Waals surface area contributed by atoms with Gasteiger partial charge in [0.2, 0.25) is 5.91 Å². The molecule has 0 saturated carbocycles. The summed E-state index contributed by atoms with van der Waals surface area (Å²) in [6, 6.07) is 6.72. The zero-order valence-corrected chi connectivity index (χ0v) is 14.5. The maximum absolute atomic E-state index is 12.9. The van der Waals surface area contributed by atoms with Crippen LogP contribution in [-0.2, 0) is 4.79 Å². The summed E-state index contributed by atoms with van der Waals surface area (Å²) in [6.45, 7) is 5.58. The van der Waals surface area contributed by atoms with Crippen molar-refractivity contribution in [3.8, 4) is 0 Å². The Balaban J connectivity index is 1.79. The Labute approximate surface area is 142 Å². The molecule has 2 heterocycles. The third-order valence-corrected chi connectivity index (χ3v) is 5.12. The highest BCUT2D eigenvalue weighted by molar-refractivity contribution is 5.83. The normalized spacial score (nSPS) is 20.1. The number of benzene rings is 1. The number of para-hydroxylation sites is 2. The van der Waals surface area contributed by atoms with Crippen molar-refractivity contribution in [1.29, 1.82) is 0 Å². The van der Waals surface area contributed by atoms with Gasteiger partial charge in [0.1, 0.15) is 6.04 Å². The number of rotatable bonds is 4. The Hall–Kier alpha value is -2.04. The highest BCUT2D eigenvalue weighted by atomic mass is 16.4. The van der Waals surface area contributed by atoms with Crippen molar-refractivity contribution in [3.63, 3.8) is 0 Å². The van der Waals surface area contributed by atoms with E-state index in [2.05, 4.69) is 6.92 Å². The number of carbonyl (C=O) groups excluding carboxylic acids is 1. The number of hydrogen-bond donors (Lipinski definition) is 0. The molecule has 0 radical (unpaired) electrons. The molecule has 2 atom stereocenters. The Morgan fingerprint density at radius 3 is 2.88 bits per heavy atom. The number of carbonyl (C=O) groups is 1. The van der Waals surface area contributed by atoms with E-state index in [1.165, 1.54) is 23.8 Å². The Bertz CT molecular complexity index is 761. The molecule has 0 bridgehead atoms. The molecular formula is C19H26N2O3. The molecule has 2 aromatic rings. The number of fused-ring (bicyclic) bond motifs is 1. The van der Waals surface area contributed by atoms with Crippen LogP contribution in [-0.4, -0.2) is 28.5 Å². The minimum Gasteiger partial charge on any atom is -0.408 e. The van der Waals surface area contributed by atoms with E-state index >= 15 is 0 Å². The van der Waals surface area contributed by atoms with E-state index in [0.29, 0.717) is 11.1 Å². The molecule has 5 nitrogen and oxygen atoms in total. The summed E-state index contributed by atoms with van der Waals surface area (Å²) in [5.74, 6) is 0.275. The van der Waals surface area contributed by atoms with Crippen molar-refractivity contribution in [2.45, 2.75) is 52.0 Å². The van der Waals surface area contributed by atoms with Crippen LogP contribution >= 0.6 is 0 Å². The minimum atomic E-state index is -0.538. The standard InChI is InChI=1S/C19H26N2O3/c1-3-7-15-8-6-12-20(13-11-15)18(22)14(2)21-16-9-4-5-10-17(16)24-19(21)23/h4-5,9-10,14-15H,3,6-8,11-13H2,1-2H3. The highest BCUT2D eigenvalue weighted by Gasteiger charge is 2.27. The molecule has 1 fully saturated rings. The third-order valence-electron chi connectivity index (χ3n) is 5.12. The fourth-order valence-corrected chi connectivity index (χ4v) is 3.81. The van der Waals surface area contributed by atoms with Crippen LogP contribution in [0, 0.1) is 5.92 Å². The summed E-state index contributed by atoms with van der Waals surface area (Å²) in [5.41, 5.74) is 1.21. The smallest absolute Gasteiger partial charge is 0.408 e. The molecule has 0 N–H and O–H groups in total. The topological polar surface area (TPSA) is 55.5 Å². The number of oxazole rings is 1. The first-order chi connectivity index (χ1) is 11.6. The summed E-state index contributed by atoms with van der Waals surface area (Å²) < 4.78 is 6.75. The average Bonchev–Trinajstić information content (AvgIpc) is 2.75. The molecule has 1 amide bonds. The van der Waals surface area contributed by atoms with Gasteiger partial charge in [0.25, 0.3) is 0 Å². The van der Waals surface area contributed by atoms with Gasteiger partial charge in [-0.1, -0.05) is 31.9 Å². The van der Waals surface area contributed by atoms with E-state index in [1.807, 2.05) is 23.1 Å². The first-order valence-electron chi connectivity index (χ1n) is 9.00. The lowest BCUT2D eigenvalue weighted by atomic mass is 9.96. The summed E-state index contributed by atoms with van der Waals surface area (Å²) >= 11 is 0. The van der Waals surface area contributed by atoms with Gasteiger partial charge in [-0.3, -0.25) is 9.36 Å². The molecule has 1 aliphatic heterocycles. The van der Waals surface area contributed by atoms with Crippen LogP contribution in [0.4, 0.5) is 0 Å². The zero-order valence-electron chi connectivity index (χ0n) is 14.5. The van der Waals surface area contributed by atoms with Gasteiger partial charge in [0.05, 0.1) is 5.52 Å². The second-order valence-corrected chi connectivity index (χ2v) is 6.79. The van der Waals surface area contributed by atoms with E-state index in [1.54, 1.807) is 13.0 Å². The fraction of sp³-hybridized carbons (Fsp3) is 0.579. The largest absolute Gasteiger partial charge is 0.420 e. The maximum Gasteiger partial charge on any atom is 0.420 e. The third kappa shape index (κ3) is 3.25. The number of nitrogens with zero attached hydrogens (tertiary/aromatic N) is 2. The van der Waals surface area contributed by atoms with Crippen LogP contribution in [0.2, 0.25) is 0 Å². The molecule has 5 heteroatoms. The van der Waals surface area contributed by atoms with Crippen molar-refractivity contribution in [2.24, 2.45) is 5.92 Å². The molecule has 24 heavy (non-hydrogen) atoms. The first kappa shape index (κ1) is 16.8. The van der Waals surface area contributed by atoms with Crippen LogP contribution in [0.3, 0.4) is 0 Å². The van der Waals surface area contributed by atoms with Gasteiger partial charge in [-0.2, -0.15) is 0 Å². The Kier molecular flexibility index (Phi) is 5.07. The lowest BCUT2D eigenvalue weighted by Gasteiger charge is -2.24. The monoisotopic (exact) mass is 330 g/mol. The number of hydrogen-bond acceptors (Lipinski definition) is 3. The lowest BCUT2D eigenvalue weighted by molar-refractivity contribution is -0.134. The molecule has 1 aromatic heterocycles. The average molecular weight is 330 g/mol. The van der Waals surface area contributed by atoms with Gasteiger partial charge in [0.15, 0.2) is 5.58 Å². The quantitative estimate of drug-likeness (QED) is 0.861. The number of likely N-dealkylation sites (tertiary alicyclic amines) is 1. The Morgan fingerprint density at radius 2 is 2.08 bits per heavy atom. The zero-order chi connectivity index (χ0) is 17.1. The molecule has 1 aromatic carbocycles. The van der Waals surface area contributed by atoms with Crippen LogP contribution in [0.1, 0.15) is 52.0 Å². The predicted molar refractivity (Wildman–Crippen MR) is 94.0 cm³/mol. The van der Waals surface area contributed by atoms with Crippen molar-refractivity contribution >= 4 is 17.0 Å². The van der Waals surface area contributed by atoms with Gasteiger partial charge in [0, 0.05) is 13.1 Å². The van der Waals surface area contributed by atoms with Crippen LogP contribution in [0.5, 0.6) is 0 Å². The molecule has 1 aliphatic rings. The van der Waals surface area contributed by atoms with Crippen molar-refractivity contribution in [2.75, 3.05) is 13.1 Å². The highest BCUT2D eigenvalue weighted by Crippen LogP contribution is 2.24. The van der Waals surface area contributed by atoms with Gasteiger partial charge < -0.3 is 9.32 Å². The van der Waals surface area contributed by atoms with Gasteiger partial charge >= 0.3 is 5.76 Å². The minimum absolute atomic E-state index is 0.0146. The van der Waals surface area contributed by atoms with E-state index in [-0.39, 0.29) is 5.91 Å². The predicted octanol–water partition coefficient (Wildman–Crippen LogP) is 3.58. The van der Waals surface area contributed by atoms with Crippen LogP contribution in [0.25, 0.3) is 11.1 Å². The molecule has 2 unspecified atom stereocenters. The molecule has 1 saturated heterocycles. The van der Waals surface area contributed by atoms with Crippen LogP contribution < -0.4 is 5.76 Å². The van der Waals surface area contributed by atoms with Gasteiger partial charge in [-0.05, 0) is 44.2 Å². The van der Waals surface area contributed by atoms with E-state index in [9.17, 15) is 9.59 Å². The van der Waals surface area contributed by atoms with E-state index < -0.39 is 11.8 Å². The van der Waals surface area contributed by atoms with Gasteiger partial charge in [-0.25, -0.2) is 4.79 Å². The SMILES string of the molecule is CCCC1CCCN(C(=O)C(C)n2c(=O)oc3ccccc32)CC1. The maximum atomic E-state index is 12.9. The number of aromatic nitrogens is 1. The van der Waals surface area contributed by atoms with Crippen LogP contribution in [0.15, 0.2) is 33.5 Å². The second kappa shape index (κ2) is 7.24. The summed E-state index contributed by atoms with van der Waals surface area (Å²) in [6.07, 6.45) is 5.74. The van der Waals surface area contributed by atoms with Gasteiger partial charge in [-0.15, -0.1) is 0 Å². The van der Waals surface area contributed by atoms with Crippen molar-refractivity contribution < 1.29 is 9.21 Å².